The Kier molecular flexibility index (Phi) is 3.45. The van der Waals surface area contributed by atoms with Gasteiger partial charge in [0.2, 0.25) is 5.91 Å². The topological polar surface area (TPSA) is 91.2 Å². The lowest BCUT2D eigenvalue weighted by atomic mass is 10.3. The van der Waals surface area contributed by atoms with Crippen molar-refractivity contribution in [2.24, 2.45) is 0 Å². The third-order valence-electron chi connectivity index (χ3n) is 4.01. The molecule has 0 saturated heterocycles. The number of benzene rings is 2. The monoisotopic (exact) mass is 367 g/mol. The van der Waals surface area contributed by atoms with Gasteiger partial charge >= 0.3 is 0 Å². The Morgan fingerprint density at radius 3 is 2.85 bits per heavy atom. The van der Waals surface area contributed by atoms with Gasteiger partial charge in [0, 0.05) is 12.1 Å². The summed E-state index contributed by atoms with van der Waals surface area (Å²) in [5.41, 5.74) is 2.33. The first kappa shape index (κ1) is 15.1. The molecular formula is C17H13N5O3S. The number of anilines is 1. The number of nitrogens with zero attached hydrogens (tertiary/aromatic N) is 4. The second kappa shape index (κ2) is 5.95. The van der Waals surface area contributed by atoms with Gasteiger partial charge in [0.05, 0.1) is 15.7 Å². The van der Waals surface area contributed by atoms with E-state index in [0.29, 0.717) is 29.8 Å². The molecule has 5 rings (SSSR count). The van der Waals surface area contributed by atoms with Crippen LogP contribution in [0.1, 0.15) is 0 Å². The molecule has 1 aliphatic rings. The molecule has 0 spiro atoms. The molecule has 2 aromatic carbocycles. The summed E-state index contributed by atoms with van der Waals surface area (Å²) in [5, 5.41) is 11.4. The van der Waals surface area contributed by atoms with Gasteiger partial charge in [-0.3, -0.25) is 4.79 Å². The molecular weight excluding hydrogens is 354 g/mol. The van der Waals surface area contributed by atoms with Crippen molar-refractivity contribution in [1.29, 1.82) is 0 Å². The maximum absolute atomic E-state index is 12.4. The number of ether oxygens (including phenoxy) is 2. The molecule has 8 nitrogen and oxygen atoms in total. The van der Waals surface area contributed by atoms with Crippen LogP contribution in [0.2, 0.25) is 0 Å². The highest BCUT2D eigenvalue weighted by molar-refractivity contribution is 7.22. The number of para-hydroxylation sites is 1. The van der Waals surface area contributed by atoms with Gasteiger partial charge < -0.3 is 14.8 Å². The van der Waals surface area contributed by atoms with Crippen molar-refractivity contribution in [2.45, 2.75) is 6.54 Å². The van der Waals surface area contributed by atoms with Gasteiger partial charge in [-0.05, 0) is 12.1 Å². The van der Waals surface area contributed by atoms with E-state index < -0.39 is 0 Å². The largest absolute Gasteiger partial charge is 0.486 e. The van der Waals surface area contributed by atoms with Crippen molar-refractivity contribution in [2.75, 3.05) is 18.5 Å². The Bertz CT molecular complexity index is 1090. The summed E-state index contributed by atoms with van der Waals surface area (Å²) in [6.45, 7) is 1.13. The van der Waals surface area contributed by atoms with Gasteiger partial charge in [0.1, 0.15) is 25.3 Å². The molecule has 2 aromatic heterocycles. The molecule has 1 N–H and O–H groups in total. The van der Waals surface area contributed by atoms with Crippen molar-refractivity contribution in [3.63, 3.8) is 0 Å². The third-order valence-corrected chi connectivity index (χ3v) is 4.95. The minimum atomic E-state index is -0.211. The van der Waals surface area contributed by atoms with E-state index in [-0.39, 0.29) is 12.5 Å². The first-order chi connectivity index (χ1) is 12.8. The zero-order chi connectivity index (χ0) is 17.5. The fourth-order valence-corrected chi connectivity index (χ4v) is 3.74. The molecule has 0 bridgehead atoms. The van der Waals surface area contributed by atoms with E-state index in [4.69, 9.17) is 9.47 Å². The Balaban J connectivity index is 1.37. The van der Waals surface area contributed by atoms with Crippen LogP contribution in [0.25, 0.3) is 21.3 Å². The molecule has 130 valence electrons. The van der Waals surface area contributed by atoms with Crippen LogP contribution in [0, 0.1) is 0 Å². The van der Waals surface area contributed by atoms with Crippen LogP contribution in [0.15, 0.2) is 36.4 Å². The lowest BCUT2D eigenvalue weighted by Crippen LogP contribution is -2.19. The van der Waals surface area contributed by atoms with E-state index in [2.05, 4.69) is 20.6 Å². The number of carbonyl (C=O) groups is 1. The normalized spacial score (nSPS) is 13.2. The molecule has 0 atom stereocenters. The molecule has 1 aliphatic heterocycles. The Labute approximate surface area is 151 Å². The van der Waals surface area contributed by atoms with E-state index in [1.165, 1.54) is 11.3 Å². The summed E-state index contributed by atoms with van der Waals surface area (Å²) in [5.74, 6) is 1.18. The molecule has 9 heteroatoms. The number of nitrogens with one attached hydrogen (secondary N) is 1. The smallest absolute Gasteiger partial charge is 0.247 e. The number of hydrogen-bond donors (Lipinski definition) is 1. The van der Waals surface area contributed by atoms with Gasteiger partial charge in [-0.1, -0.05) is 28.7 Å². The molecule has 0 saturated carbocycles. The van der Waals surface area contributed by atoms with E-state index in [1.807, 2.05) is 36.4 Å². The maximum Gasteiger partial charge on any atom is 0.247 e. The zero-order valence-corrected chi connectivity index (χ0v) is 14.3. The average Bonchev–Trinajstić information content (AvgIpc) is 3.23. The number of thiazole rings is 1. The Morgan fingerprint density at radius 2 is 1.96 bits per heavy atom. The van der Waals surface area contributed by atoms with Crippen molar-refractivity contribution < 1.29 is 14.3 Å². The third kappa shape index (κ3) is 2.62. The van der Waals surface area contributed by atoms with Gasteiger partial charge in [-0.25, -0.2) is 9.67 Å². The molecule has 1 amide bonds. The zero-order valence-electron chi connectivity index (χ0n) is 13.5. The molecule has 0 unspecified atom stereocenters. The lowest BCUT2D eigenvalue weighted by Gasteiger charge is -2.17. The predicted octanol–water partition coefficient (Wildman–Crippen LogP) is 2.45. The van der Waals surface area contributed by atoms with E-state index in [1.54, 1.807) is 4.68 Å². The molecule has 4 aromatic rings. The second-order valence-corrected chi connectivity index (χ2v) is 6.80. The van der Waals surface area contributed by atoms with Crippen LogP contribution < -0.4 is 14.8 Å². The summed E-state index contributed by atoms with van der Waals surface area (Å²) in [7, 11) is 0. The average molecular weight is 367 g/mol. The summed E-state index contributed by atoms with van der Waals surface area (Å²) >= 11 is 1.39. The van der Waals surface area contributed by atoms with E-state index >= 15 is 0 Å². The SMILES string of the molecule is O=C(Cn1nnc2ccccc21)Nc1nc2cc3c(cc2s1)OCCO3. The van der Waals surface area contributed by atoms with Crippen LogP contribution in [0.3, 0.4) is 0 Å². The summed E-state index contributed by atoms with van der Waals surface area (Å²) in [4.78, 5) is 16.8. The van der Waals surface area contributed by atoms with Crippen molar-refractivity contribution >= 4 is 43.6 Å². The van der Waals surface area contributed by atoms with E-state index in [9.17, 15) is 4.79 Å². The fraction of sp³-hybridized carbons (Fsp3) is 0.176. The lowest BCUT2D eigenvalue weighted by molar-refractivity contribution is -0.116. The fourth-order valence-electron chi connectivity index (χ4n) is 2.85. The number of rotatable bonds is 3. The molecule has 0 radical (unpaired) electrons. The van der Waals surface area contributed by atoms with Crippen LogP contribution in [0.5, 0.6) is 11.5 Å². The molecule has 0 aliphatic carbocycles. The summed E-state index contributed by atoms with van der Waals surface area (Å²) in [6.07, 6.45) is 0. The predicted molar refractivity (Wildman–Crippen MR) is 96.8 cm³/mol. The second-order valence-electron chi connectivity index (χ2n) is 5.77. The summed E-state index contributed by atoms with van der Waals surface area (Å²) < 4.78 is 13.6. The van der Waals surface area contributed by atoms with Gasteiger partial charge in [-0.15, -0.1) is 5.10 Å². The van der Waals surface area contributed by atoms with E-state index in [0.717, 1.165) is 21.3 Å². The highest BCUT2D eigenvalue weighted by Gasteiger charge is 2.16. The number of carbonyl (C=O) groups excluding carboxylic acids is 1. The van der Waals surface area contributed by atoms with Crippen molar-refractivity contribution in [3.8, 4) is 11.5 Å². The Morgan fingerprint density at radius 1 is 1.15 bits per heavy atom. The van der Waals surface area contributed by atoms with Crippen LogP contribution >= 0.6 is 11.3 Å². The highest BCUT2D eigenvalue weighted by Crippen LogP contribution is 2.37. The molecule has 3 heterocycles. The Hall–Kier alpha value is -3.20. The van der Waals surface area contributed by atoms with Crippen LogP contribution in [-0.4, -0.2) is 39.1 Å². The van der Waals surface area contributed by atoms with Crippen LogP contribution in [0.4, 0.5) is 5.13 Å². The number of amides is 1. The highest BCUT2D eigenvalue weighted by atomic mass is 32.1. The van der Waals surface area contributed by atoms with Crippen molar-refractivity contribution in [3.05, 3.63) is 36.4 Å². The van der Waals surface area contributed by atoms with Crippen LogP contribution in [-0.2, 0) is 11.3 Å². The number of fused-ring (bicyclic) bond motifs is 3. The van der Waals surface area contributed by atoms with Gasteiger partial charge in [-0.2, -0.15) is 0 Å². The minimum absolute atomic E-state index is 0.0686. The first-order valence-corrected chi connectivity index (χ1v) is 8.86. The molecule has 26 heavy (non-hydrogen) atoms. The minimum Gasteiger partial charge on any atom is -0.486 e. The number of aromatic nitrogens is 4. The maximum atomic E-state index is 12.4. The van der Waals surface area contributed by atoms with Gasteiger partial charge in [0.15, 0.2) is 16.6 Å². The molecule has 0 fully saturated rings. The van der Waals surface area contributed by atoms with Crippen molar-refractivity contribution in [1.82, 2.24) is 20.0 Å². The van der Waals surface area contributed by atoms with Gasteiger partial charge in [0.25, 0.3) is 0 Å². The number of hydrogen-bond acceptors (Lipinski definition) is 7. The first-order valence-electron chi connectivity index (χ1n) is 8.04. The summed E-state index contributed by atoms with van der Waals surface area (Å²) in [6, 6.07) is 11.2. The standard InChI is InChI=1S/C17H13N5O3S/c23-16(9-22-12-4-2-1-3-10(12)20-21-22)19-17-18-11-7-13-14(8-15(11)26-17)25-6-5-24-13/h1-4,7-8H,5-6,9H2,(H,18,19,23). The quantitative estimate of drug-likeness (QED) is 0.598.